The molecule has 1 aromatic carbocycles. The summed E-state index contributed by atoms with van der Waals surface area (Å²) in [6.07, 6.45) is 2.49. The summed E-state index contributed by atoms with van der Waals surface area (Å²) in [5.41, 5.74) is 1.09. The van der Waals surface area contributed by atoms with Crippen LogP contribution in [0.2, 0.25) is 5.02 Å². The molecule has 0 saturated carbocycles. The van der Waals surface area contributed by atoms with Gasteiger partial charge in [0.2, 0.25) is 0 Å². The third kappa shape index (κ3) is 3.66. The number of amides is 1. The van der Waals surface area contributed by atoms with Crippen LogP contribution in [-0.4, -0.2) is 29.8 Å². The monoisotopic (exact) mass is 398 g/mol. The zero-order valence-electron chi connectivity index (χ0n) is 11.4. The number of amidine groups is 1. The Balaban J connectivity index is 1.65. The Hall–Kier alpha value is -1.44. The van der Waals surface area contributed by atoms with Crippen molar-refractivity contribution in [2.45, 2.75) is 6.42 Å². The van der Waals surface area contributed by atoms with E-state index in [2.05, 4.69) is 36.5 Å². The first-order chi connectivity index (χ1) is 10.6. The highest BCUT2D eigenvalue weighted by molar-refractivity contribution is 9.10. The SMILES string of the molecule is O=C(Nc1ncc(Cc2ccc(Br)c(Cl)c2)s1)C1=NCCN1. The summed E-state index contributed by atoms with van der Waals surface area (Å²) >= 11 is 10.9. The molecule has 0 saturated heterocycles. The molecule has 1 aliphatic rings. The number of carbonyl (C=O) groups is 1. The molecule has 5 nitrogen and oxygen atoms in total. The lowest BCUT2D eigenvalue weighted by Crippen LogP contribution is -2.32. The van der Waals surface area contributed by atoms with E-state index in [0.717, 1.165) is 21.3 Å². The lowest BCUT2D eigenvalue weighted by molar-refractivity contribution is -0.110. The molecule has 2 aromatic rings. The molecule has 1 aliphatic heterocycles. The van der Waals surface area contributed by atoms with Crippen LogP contribution in [0.25, 0.3) is 0 Å². The normalized spacial score (nSPS) is 13.6. The fraction of sp³-hybridized carbons (Fsp3) is 0.214. The Labute approximate surface area is 144 Å². The van der Waals surface area contributed by atoms with E-state index in [4.69, 9.17) is 11.6 Å². The van der Waals surface area contributed by atoms with Crippen molar-refractivity contribution in [3.05, 3.63) is 44.3 Å². The van der Waals surface area contributed by atoms with E-state index in [1.807, 2.05) is 18.2 Å². The maximum atomic E-state index is 11.9. The number of nitrogens with one attached hydrogen (secondary N) is 2. The van der Waals surface area contributed by atoms with Gasteiger partial charge in [0.05, 0.1) is 11.6 Å². The van der Waals surface area contributed by atoms with Crippen LogP contribution in [0.1, 0.15) is 10.4 Å². The summed E-state index contributed by atoms with van der Waals surface area (Å²) in [4.78, 5) is 21.3. The van der Waals surface area contributed by atoms with E-state index in [9.17, 15) is 4.79 Å². The molecule has 0 unspecified atom stereocenters. The van der Waals surface area contributed by atoms with Gasteiger partial charge in [0, 0.05) is 28.5 Å². The van der Waals surface area contributed by atoms with Gasteiger partial charge in [-0.15, -0.1) is 11.3 Å². The Bertz CT molecular complexity index is 746. The van der Waals surface area contributed by atoms with Gasteiger partial charge < -0.3 is 5.32 Å². The highest BCUT2D eigenvalue weighted by atomic mass is 79.9. The number of benzene rings is 1. The van der Waals surface area contributed by atoms with Crippen LogP contribution in [0.5, 0.6) is 0 Å². The van der Waals surface area contributed by atoms with Crippen LogP contribution in [0, 0.1) is 0 Å². The van der Waals surface area contributed by atoms with Gasteiger partial charge in [-0.3, -0.25) is 15.1 Å². The quantitative estimate of drug-likeness (QED) is 0.830. The lowest BCUT2D eigenvalue weighted by Gasteiger charge is -2.02. The second kappa shape index (κ2) is 6.76. The number of rotatable bonds is 4. The average molecular weight is 400 g/mol. The molecule has 22 heavy (non-hydrogen) atoms. The van der Waals surface area contributed by atoms with Gasteiger partial charge in [-0.1, -0.05) is 17.7 Å². The molecule has 8 heteroatoms. The summed E-state index contributed by atoms with van der Waals surface area (Å²) in [6.45, 7) is 1.34. The summed E-state index contributed by atoms with van der Waals surface area (Å²) < 4.78 is 0.875. The van der Waals surface area contributed by atoms with Gasteiger partial charge in [0.25, 0.3) is 5.91 Å². The number of thiazole rings is 1. The van der Waals surface area contributed by atoms with Crippen LogP contribution >= 0.6 is 38.9 Å². The maximum absolute atomic E-state index is 11.9. The van der Waals surface area contributed by atoms with Crippen molar-refractivity contribution in [3.63, 3.8) is 0 Å². The average Bonchev–Trinajstić information content (AvgIpc) is 3.15. The van der Waals surface area contributed by atoms with E-state index in [0.29, 0.717) is 29.1 Å². The van der Waals surface area contributed by atoms with Crippen LogP contribution in [0.4, 0.5) is 5.13 Å². The molecular weight excluding hydrogens is 388 g/mol. The van der Waals surface area contributed by atoms with Crippen molar-refractivity contribution >= 4 is 55.7 Å². The first-order valence-electron chi connectivity index (χ1n) is 6.60. The lowest BCUT2D eigenvalue weighted by atomic mass is 10.1. The summed E-state index contributed by atoms with van der Waals surface area (Å²) in [6, 6.07) is 5.84. The van der Waals surface area contributed by atoms with Crippen molar-refractivity contribution in [3.8, 4) is 0 Å². The van der Waals surface area contributed by atoms with E-state index >= 15 is 0 Å². The third-order valence-corrected chi connectivity index (χ3v) is 5.17. The summed E-state index contributed by atoms with van der Waals surface area (Å²) in [7, 11) is 0. The molecular formula is C14H12BrClN4OS. The molecule has 0 fully saturated rings. The fourth-order valence-electron chi connectivity index (χ4n) is 2.00. The Kier molecular flexibility index (Phi) is 4.75. The van der Waals surface area contributed by atoms with Gasteiger partial charge in [-0.05, 0) is 33.6 Å². The Morgan fingerprint density at radius 3 is 3.09 bits per heavy atom. The molecule has 3 rings (SSSR count). The van der Waals surface area contributed by atoms with Crippen molar-refractivity contribution < 1.29 is 4.79 Å². The standard InChI is InChI=1S/C14H12BrClN4OS/c15-10-2-1-8(6-11(10)16)5-9-7-19-14(22-9)20-13(21)12-17-3-4-18-12/h1-2,6-7H,3-5H2,(H,17,18)(H,19,20,21). The molecule has 0 aliphatic carbocycles. The largest absolute Gasteiger partial charge is 0.364 e. The maximum Gasteiger partial charge on any atom is 0.292 e. The highest BCUT2D eigenvalue weighted by Gasteiger charge is 2.16. The molecule has 2 heterocycles. The molecule has 0 bridgehead atoms. The molecule has 1 amide bonds. The summed E-state index contributed by atoms with van der Waals surface area (Å²) in [5.74, 6) is 0.126. The van der Waals surface area contributed by atoms with Crippen LogP contribution in [-0.2, 0) is 11.2 Å². The van der Waals surface area contributed by atoms with E-state index in [1.54, 1.807) is 6.20 Å². The Morgan fingerprint density at radius 1 is 1.50 bits per heavy atom. The predicted octanol–water partition coefficient (Wildman–Crippen LogP) is 3.09. The first-order valence-corrected chi connectivity index (χ1v) is 8.59. The predicted molar refractivity (Wildman–Crippen MR) is 93.0 cm³/mol. The number of hydrogen-bond acceptors (Lipinski definition) is 5. The zero-order chi connectivity index (χ0) is 15.5. The highest BCUT2D eigenvalue weighted by Crippen LogP contribution is 2.26. The van der Waals surface area contributed by atoms with Crippen LogP contribution < -0.4 is 10.6 Å². The molecule has 1 aromatic heterocycles. The van der Waals surface area contributed by atoms with Gasteiger partial charge in [-0.25, -0.2) is 4.98 Å². The molecule has 0 atom stereocenters. The van der Waals surface area contributed by atoms with Crippen LogP contribution in [0.3, 0.4) is 0 Å². The Morgan fingerprint density at radius 2 is 2.36 bits per heavy atom. The van der Waals surface area contributed by atoms with Crippen molar-refractivity contribution in [1.82, 2.24) is 10.3 Å². The third-order valence-electron chi connectivity index (χ3n) is 3.03. The van der Waals surface area contributed by atoms with Gasteiger partial charge in [0.1, 0.15) is 0 Å². The van der Waals surface area contributed by atoms with E-state index in [-0.39, 0.29) is 5.91 Å². The second-order valence-corrected chi connectivity index (χ2v) is 7.04. The number of aliphatic imine (C=N–C) groups is 1. The number of halogens is 2. The van der Waals surface area contributed by atoms with E-state index < -0.39 is 0 Å². The molecule has 0 spiro atoms. The van der Waals surface area contributed by atoms with Crippen LogP contribution in [0.15, 0.2) is 33.9 Å². The molecule has 114 valence electrons. The summed E-state index contributed by atoms with van der Waals surface area (Å²) in [5, 5.41) is 6.93. The number of hydrogen-bond donors (Lipinski definition) is 2. The van der Waals surface area contributed by atoms with Crippen molar-refractivity contribution in [2.24, 2.45) is 4.99 Å². The zero-order valence-corrected chi connectivity index (χ0v) is 14.6. The number of carbonyl (C=O) groups excluding carboxylic acids is 1. The van der Waals surface area contributed by atoms with Crippen molar-refractivity contribution in [2.75, 3.05) is 18.4 Å². The van der Waals surface area contributed by atoms with E-state index in [1.165, 1.54) is 11.3 Å². The number of anilines is 1. The molecule has 2 N–H and O–H groups in total. The number of nitrogens with zero attached hydrogens (tertiary/aromatic N) is 2. The van der Waals surface area contributed by atoms with Crippen molar-refractivity contribution in [1.29, 1.82) is 0 Å². The smallest absolute Gasteiger partial charge is 0.292 e. The fourth-order valence-corrected chi connectivity index (χ4v) is 3.30. The number of aromatic nitrogens is 1. The van der Waals surface area contributed by atoms with Gasteiger partial charge >= 0.3 is 0 Å². The first kappa shape index (κ1) is 15.5. The topological polar surface area (TPSA) is 66.4 Å². The second-order valence-electron chi connectivity index (χ2n) is 4.67. The van der Waals surface area contributed by atoms with Gasteiger partial charge in [-0.2, -0.15) is 0 Å². The minimum atomic E-state index is -0.245. The van der Waals surface area contributed by atoms with Gasteiger partial charge in [0.15, 0.2) is 11.0 Å². The molecule has 0 radical (unpaired) electrons. The minimum absolute atomic E-state index is 0.245. The minimum Gasteiger partial charge on any atom is -0.364 e.